The van der Waals surface area contributed by atoms with Crippen LogP contribution in [0.25, 0.3) is 5.78 Å². The smallest absolute Gasteiger partial charge is 0.256 e. The van der Waals surface area contributed by atoms with Gasteiger partial charge in [-0.25, -0.2) is 4.98 Å². The number of fused-ring (bicyclic) bond motifs is 1. The molecule has 6 nitrogen and oxygen atoms in total. The zero-order chi connectivity index (χ0) is 17.4. The summed E-state index contributed by atoms with van der Waals surface area (Å²) >= 11 is 1.40. The number of aryl methyl sites for hydroxylation is 3. The quantitative estimate of drug-likeness (QED) is 0.526. The third-order valence-electron chi connectivity index (χ3n) is 4.19. The van der Waals surface area contributed by atoms with Gasteiger partial charge in [0, 0.05) is 34.9 Å². The lowest BCUT2D eigenvalue weighted by molar-refractivity contribution is 0.102. The van der Waals surface area contributed by atoms with Crippen molar-refractivity contribution in [2.24, 2.45) is 0 Å². The monoisotopic (exact) mass is 343 g/mol. The molecule has 0 aliphatic rings. The zero-order valence-electron chi connectivity index (χ0n) is 14.6. The molecule has 0 fully saturated rings. The van der Waals surface area contributed by atoms with Crippen LogP contribution in [0.4, 0.5) is 0 Å². The summed E-state index contributed by atoms with van der Waals surface area (Å²) in [6.45, 7) is 10.9. The van der Waals surface area contributed by atoms with Crippen molar-refractivity contribution in [3.63, 3.8) is 0 Å². The van der Waals surface area contributed by atoms with Crippen LogP contribution in [-0.2, 0) is 6.54 Å². The van der Waals surface area contributed by atoms with Crippen molar-refractivity contribution in [1.29, 1.82) is 0 Å². The molecule has 3 aromatic heterocycles. The van der Waals surface area contributed by atoms with Gasteiger partial charge in [0.1, 0.15) is 0 Å². The van der Waals surface area contributed by atoms with Crippen LogP contribution < -0.4 is 0 Å². The molecule has 0 aromatic carbocycles. The minimum Gasteiger partial charge on any atom is -0.349 e. The fourth-order valence-electron chi connectivity index (χ4n) is 3.07. The number of hydrogen-bond acceptors (Lipinski definition) is 5. The minimum atomic E-state index is 0.113. The van der Waals surface area contributed by atoms with E-state index in [4.69, 9.17) is 0 Å². The number of rotatable bonds is 5. The molecule has 3 heterocycles. The molecule has 0 N–H and O–H groups in total. The number of hydrogen-bond donors (Lipinski definition) is 0. The Labute approximate surface area is 145 Å². The van der Waals surface area contributed by atoms with Gasteiger partial charge in [-0.05, 0) is 46.8 Å². The number of carbonyl (C=O) groups is 1. The standard InChI is InChI=1S/C17H21N5OS/c1-6-21-11(3)8-14(13(21)5)15(23)9-24-17-20-19-16-18-10(2)7-12(4)22(16)17/h7-8H,6,9H2,1-5H3. The first-order chi connectivity index (χ1) is 11.4. The van der Waals surface area contributed by atoms with Gasteiger partial charge in [-0.3, -0.25) is 9.20 Å². The summed E-state index contributed by atoms with van der Waals surface area (Å²) < 4.78 is 4.04. The molecule has 0 atom stereocenters. The van der Waals surface area contributed by atoms with E-state index in [1.54, 1.807) is 0 Å². The predicted molar refractivity (Wildman–Crippen MR) is 94.9 cm³/mol. The molecule has 0 saturated heterocycles. The van der Waals surface area contributed by atoms with Gasteiger partial charge in [-0.1, -0.05) is 11.8 Å². The minimum absolute atomic E-state index is 0.113. The van der Waals surface area contributed by atoms with E-state index in [0.29, 0.717) is 16.7 Å². The van der Waals surface area contributed by atoms with Crippen molar-refractivity contribution >= 4 is 23.3 Å². The van der Waals surface area contributed by atoms with E-state index >= 15 is 0 Å². The van der Waals surface area contributed by atoms with E-state index < -0.39 is 0 Å². The molecule has 24 heavy (non-hydrogen) atoms. The average molecular weight is 343 g/mol. The normalized spacial score (nSPS) is 11.4. The van der Waals surface area contributed by atoms with Gasteiger partial charge in [0.15, 0.2) is 10.9 Å². The highest BCUT2D eigenvalue weighted by Gasteiger charge is 2.17. The lowest BCUT2D eigenvalue weighted by atomic mass is 10.2. The van der Waals surface area contributed by atoms with E-state index in [2.05, 4.69) is 26.7 Å². The van der Waals surface area contributed by atoms with Crippen LogP contribution in [0.3, 0.4) is 0 Å². The Balaban J connectivity index is 1.83. The highest BCUT2D eigenvalue weighted by molar-refractivity contribution is 7.99. The van der Waals surface area contributed by atoms with Gasteiger partial charge < -0.3 is 4.57 Å². The third-order valence-corrected chi connectivity index (χ3v) is 5.11. The molecule has 0 bridgehead atoms. The third kappa shape index (κ3) is 2.84. The van der Waals surface area contributed by atoms with Crippen LogP contribution in [0.2, 0.25) is 0 Å². The molecule has 0 aliphatic carbocycles. The number of Topliss-reactive ketones (excluding diaryl/α,β-unsaturated/α-hetero) is 1. The second-order valence-corrected chi connectivity index (χ2v) is 6.84. The molecule has 0 amide bonds. The van der Waals surface area contributed by atoms with Gasteiger partial charge in [0.2, 0.25) is 0 Å². The fraction of sp³-hybridized carbons (Fsp3) is 0.412. The highest BCUT2D eigenvalue weighted by atomic mass is 32.2. The van der Waals surface area contributed by atoms with E-state index in [1.807, 2.05) is 44.2 Å². The molecular formula is C17H21N5OS. The van der Waals surface area contributed by atoms with Crippen LogP contribution in [0, 0.1) is 27.7 Å². The van der Waals surface area contributed by atoms with Crippen molar-refractivity contribution in [3.8, 4) is 0 Å². The lowest BCUT2D eigenvalue weighted by Crippen LogP contribution is -2.06. The topological polar surface area (TPSA) is 65.1 Å². The van der Waals surface area contributed by atoms with E-state index in [1.165, 1.54) is 11.8 Å². The number of carbonyl (C=O) groups excluding carboxylic acids is 1. The first-order valence-corrected chi connectivity index (χ1v) is 8.93. The maximum absolute atomic E-state index is 12.6. The first-order valence-electron chi connectivity index (χ1n) is 7.94. The van der Waals surface area contributed by atoms with Crippen LogP contribution in [-0.4, -0.2) is 35.7 Å². The number of ketones is 1. The second kappa shape index (κ2) is 6.39. The van der Waals surface area contributed by atoms with Crippen LogP contribution in [0.1, 0.15) is 40.1 Å². The summed E-state index contributed by atoms with van der Waals surface area (Å²) in [4.78, 5) is 17.0. The predicted octanol–water partition coefficient (Wildman–Crippen LogP) is 3.15. The number of aromatic nitrogens is 5. The number of thioether (sulfide) groups is 1. The average Bonchev–Trinajstić information content (AvgIpc) is 3.05. The maximum atomic E-state index is 12.6. The Morgan fingerprint density at radius 3 is 2.54 bits per heavy atom. The van der Waals surface area contributed by atoms with E-state index in [9.17, 15) is 4.79 Å². The second-order valence-electron chi connectivity index (χ2n) is 5.90. The summed E-state index contributed by atoms with van der Waals surface area (Å²) in [6.07, 6.45) is 0. The van der Waals surface area contributed by atoms with Crippen LogP contribution in [0.5, 0.6) is 0 Å². The fourth-order valence-corrected chi connectivity index (χ4v) is 3.94. The largest absolute Gasteiger partial charge is 0.349 e. The highest BCUT2D eigenvalue weighted by Crippen LogP contribution is 2.22. The molecule has 0 aliphatic heterocycles. The molecule has 3 rings (SSSR count). The van der Waals surface area contributed by atoms with Gasteiger partial charge in [-0.15, -0.1) is 10.2 Å². The maximum Gasteiger partial charge on any atom is 0.256 e. The van der Waals surface area contributed by atoms with E-state index in [0.717, 1.165) is 34.9 Å². The Morgan fingerprint density at radius 2 is 1.88 bits per heavy atom. The van der Waals surface area contributed by atoms with Gasteiger partial charge in [0.25, 0.3) is 5.78 Å². The van der Waals surface area contributed by atoms with Crippen LogP contribution in [0.15, 0.2) is 17.3 Å². The van der Waals surface area contributed by atoms with Gasteiger partial charge in [0.05, 0.1) is 5.75 Å². The Morgan fingerprint density at radius 1 is 1.12 bits per heavy atom. The Kier molecular flexibility index (Phi) is 4.45. The van der Waals surface area contributed by atoms with Crippen molar-refractivity contribution in [3.05, 3.63) is 40.5 Å². The lowest BCUT2D eigenvalue weighted by Gasteiger charge is -2.06. The zero-order valence-corrected chi connectivity index (χ0v) is 15.4. The van der Waals surface area contributed by atoms with E-state index in [-0.39, 0.29) is 5.78 Å². The summed E-state index contributed by atoms with van der Waals surface area (Å²) in [7, 11) is 0. The first kappa shape index (κ1) is 16.7. The summed E-state index contributed by atoms with van der Waals surface area (Å²) in [5.74, 6) is 1.02. The molecular weight excluding hydrogens is 322 g/mol. The van der Waals surface area contributed by atoms with Gasteiger partial charge >= 0.3 is 0 Å². The number of nitrogens with zero attached hydrogens (tertiary/aromatic N) is 5. The SMILES string of the molecule is CCn1c(C)cc(C(=O)CSc2nnc3nc(C)cc(C)n23)c1C. The Hall–Kier alpha value is -2.15. The van der Waals surface area contributed by atoms with Gasteiger partial charge in [-0.2, -0.15) is 0 Å². The molecule has 0 radical (unpaired) electrons. The Bertz CT molecular complexity index is 925. The van der Waals surface area contributed by atoms with Crippen molar-refractivity contribution in [2.45, 2.75) is 46.3 Å². The van der Waals surface area contributed by atoms with Crippen LogP contribution >= 0.6 is 11.8 Å². The summed E-state index contributed by atoms with van der Waals surface area (Å²) in [6, 6.07) is 3.96. The molecule has 3 aromatic rings. The summed E-state index contributed by atoms with van der Waals surface area (Å²) in [5, 5.41) is 8.99. The molecule has 0 spiro atoms. The molecule has 0 unspecified atom stereocenters. The molecule has 126 valence electrons. The summed E-state index contributed by atoms with van der Waals surface area (Å²) in [5.41, 5.74) is 4.86. The van der Waals surface area contributed by atoms with Crippen molar-refractivity contribution < 1.29 is 4.79 Å². The molecule has 0 saturated carbocycles. The molecule has 7 heteroatoms. The van der Waals surface area contributed by atoms with Crippen molar-refractivity contribution in [2.75, 3.05) is 5.75 Å². The van der Waals surface area contributed by atoms with Crippen molar-refractivity contribution in [1.82, 2.24) is 24.1 Å².